The Morgan fingerprint density at radius 1 is 1.23 bits per heavy atom. The number of H-pyrrole nitrogens is 1. The van der Waals surface area contributed by atoms with E-state index in [1.54, 1.807) is 9.09 Å². The summed E-state index contributed by atoms with van der Waals surface area (Å²) >= 11 is 4.65. The first-order chi connectivity index (χ1) is 10.7. The SMILES string of the molecule is O=c1c2cc(Br)ccc2[nH]c(=N[CH]=[W])n1Cc1ccccc1. The third-order valence-corrected chi connectivity index (χ3v) is 4.19. The summed E-state index contributed by atoms with van der Waals surface area (Å²) in [4.78, 5) is 20.4. The average Bonchev–Trinajstić information content (AvgIpc) is 2.53. The maximum atomic E-state index is 12.8. The van der Waals surface area contributed by atoms with Crippen LogP contribution in [-0.2, 0) is 25.9 Å². The van der Waals surface area contributed by atoms with Crippen molar-refractivity contribution in [1.82, 2.24) is 9.55 Å². The quantitative estimate of drug-likeness (QED) is 0.561. The van der Waals surface area contributed by atoms with Crippen LogP contribution in [0.5, 0.6) is 0 Å². The van der Waals surface area contributed by atoms with Gasteiger partial charge in [-0.1, -0.05) is 0 Å². The molecule has 0 fully saturated rings. The van der Waals surface area contributed by atoms with E-state index in [2.05, 4.69) is 25.9 Å². The monoisotopic (exact) mass is 525 g/mol. The second-order valence-electron chi connectivity index (χ2n) is 4.75. The first-order valence-corrected chi connectivity index (χ1v) is 9.11. The molecule has 0 aliphatic rings. The molecule has 0 spiro atoms. The van der Waals surface area contributed by atoms with E-state index in [1.165, 1.54) is 19.4 Å². The number of fused-ring (bicyclic) bond motifs is 1. The summed E-state index contributed by atoms with van der Waals surface area (Å²) in [6, 6.07) is 15.5. The van der Waals surface area contributed by atoms with Crippen molar-refractivity contribution in [3.8, 4) is 0 Å². The molecule has 0 bridgehead atoms. The third kappa shape index (κ3) is 3.11. The maximum absolute atomic E-state index is 12.8. The Morgan fingerprint density at radius 2 is 2.00 bits per heavy atom. The summed E-state index contributed by atoms with van der Waals surface area (Å²) in [5.41, 5.74) is 2.37. The van der Waals surface area contributed by atoms with Crippen LogP contribution in [0, 0.1) is 0 Å². The number of rotatable bonds is 3. The van der Waals surface area contributed by atoms with Gasteiger partial charge in [-0.05, 0) is 0 Å². The minimum atomic E-state index is -0.0468. The van der Waals surface area contributed by atoms with Crippen LogP contribution in [0.1, 0.15) is 5.56 Å². The summed E-state index contributed by atoms with van der Waals surface area (Å²) in [5, 5.41) is 0.646. The molecule has 3 rings (SSSR count). The Bertz CT molecular complexity index is 961. The molecule has 1 N–H and O–H groups in total. The van der Waals surface area contributed by atoms with Gasteiger partial charge in [0.2, 0.25) is 0 Å². The molecule has 2 aromatic carbocycles. The van der Waals surface area contributed by atoms with E-state index in [4.69, 9.17) is 0 Å². The third-order valence-electron chi connectivity index (χ3n) is 3.32. The van der Waals surface area contributed by atoms with Crippen molar-refractivity contribution in [3.63, 3.8) is 0 Å². The van der Waals surface area contributed by atoms with Crippen LogP contribution in [0.4, 0.5) is 0 Å². The van der Waals surface area contributed by atoms with Crippen LogP contribution in [0.2, 0.25) is 0 Å². The van der Waals surface area contributed by atoms with Gasteiger partial charge < -0.3 is 0 Å². The molecule has 110 valence electrons. The van der Waals surface area contributed by atoms with Gasteiger partial charge >= 0.3 is 146 Å². The van der Waals surface area contributed by atoms with Gasteiger partial charge in [0, 0.05) is 0 Å². The number of aromatic amines is 1. The number of halogens is 1. The predicted octanol–water partition coefficient (Wildman–Crippen LogP) is 2.35. The van der Waals surface area contributed by atoms with Gasteiger partial charge in [-0.15, -0.1) is 0 Å². The van der Waals surface area contributed by atoms with Gasteiger partial charge in [0.25, 0.3) is 0 Å². The Balaban J connectivity index is 2.29. The minimum absolute atomic E-state index is 0.0468. The van der Waals surface area contributed by atoms with Crippen LogP contribution in [-0.4, -0.2) is 14.1 Å². The Kier molecular flexibility index (Phi) is 4.65. The molecule has 1 heterocycles. The summed E-state index contributed by atoms with van der Waals surface area (Å²) in [7, 11) is 0. The number of hydrogen-bond acceptors (Lipinski definition) is 2. The molecule has 3 aromatic rings. The molecule has 0 saturated carbocycles. The van der Waals surface area contributed by atoms with Crippen molar-refractivity contribution in [1.29, 1.82) is 0 Å². The molecule has 6 heteroatoms. The fourth-order valence-electron chi connectivity index (χ4n) is 2.30. The summed E-state index contributed by atoms with van der Waals surface area (Å²) < 4.78 is 4.31. The van der Waals surface area contributed by atoms with Gasteiger partial charge in [-0.2, -0.15) is 0 Å². The molecule has 0 unspecified atom stereocenters. The standard InChI is InChI=1S/C16H12BrN3O.W/c1-18-16-19-14-8-7-12(17)9-13(14)15(21)20(16)10-11-5-3-2-4-6-11;/h1-9,19H,10H2;. The molecule has 0 amide bonds. The molecule has 0 atom stereocenters. The summed E-state index contributed by atoms with van der Waals surface area (Å²) in [6.45, 7) is 0.487. The predicted molar refractivity (Wildman–Crippen MR) is 87.4 cm³/mol. The van der Waals surface area contributed by atoms with E-state index in [0.29, 0.717) is 17.5 Å². The zero-order chi connectivity index (χ0) is 15.5. The van der Waals surface area contributed by atoms with Gasteiger partial charge in [0.05, 0.1) is 0 Å². The van der Waals surface area contributed by atoms with Crippen molar-refractivity contribution in [2.75, 3.05) is 0 Å². The first kappa shape index (κ1) is 15.3. The van der Waals surface area contributed by atoms with Gasteiger partial charge in [-0.25, -0.2) is 0 Å². The normalized spacial score (nSPS) is 11.8. The molecular weight excluding hydrogens is 514 g/mol. The fraction of sp³-hybridized carbons (Fsp3) is 0.0625. The fourth-order valence-corrected chi connectivity index (χ4v) is 3.02. The van der Waals surface area contributed by atoms with Crippen LogP contribution < -0.4 is 11.2 Å². The van der Waals surface area contributed by atoms with Crippen LogP contribution in [0.3, 0.4) is 0 Å². The number of benzene rings is 2. The Morgan fingerprint density at radius 3 is 2.73 bits per heavy atom. The van der Waals surface area contributed by atoms with E-state index in [0.717, 1.165) is 15.6 Å². The zero-order valence-corrected chi connectivity index (χ0v) is 16.0. The van der Waals surface area contributed by atoms with E-state index in [1.807, 2.05) is 48.5 Å². The van der Waals surface area contributed by atoms with Crippen molar-refractivity contribution < 1.29 is 19.4 Å². The molecule has 0 radical (unpaired) electrons. The first-order valence-electron chi connectivity index (χ1n) is 6.63. The number of nitrogens with one attached hydrogen (secondary N) is 1. The second kappa shape index (κ2) is 6.67. The molecule has 0 saturated heterocycles. The van der Waals surface area contributed by atoms with Gasteiger partial charge in [0.1, 0.15) is 0 Å². The van der Waals surface area contributed by atoms with Crippen LogP contribution in [0.15, 0.2) is 62.8 Å². The molecule has 1 aromatic heterocycles. The Hall–Kier alpha value is -1.58. The molecule has 0 aliphatic carbocycles. The van der Waals surface area contributed by atoms with E-state index in [9.17, 15) is 4.79 Å². The van der Waals surface area contributed by atoms with Crippen LogP contribution >= 0.6 is 15.9 Å². The van der Waals surface area contributed by atoms with Gasteiger partial charge in [0.15, 0.2) is 0 Å². The average molecular weight is 526 g/mol. The number of aromatic nitrogens is 2. The van der Waals surface area contributed by atoms with Gasteiger partial charge in [-0.3, -0.25) is 0 Å². The van der Waals surface area contributed by atoms with E-state index >= 15 is 0 Å². The molecule has 22 heavy (non-hydrogen) atoms. The van der Waals surface area contributed by atoms with Crippen molar-refractivity contribution >= 4 is 31.4 Å². The number of hydrogen-bond donors (Lipinski definition) is 1. The van der Waals surface area contributed by atoms with E-state index in [-0.39, 0.29) is 5.56 Å². The number of nitrogens with zero attached hydrogens (tertiary/aromatic N) is 2. The Labute approximate surface area is 146 Å². The zero-order valence-electron chi connectivity index (χ0n) is 11.5. The van der Waals surface area contributed by atoms with Crippen molar-refractivity contribution in [2.24, 2.45) is 4.99 Å². The summed E-state index contributed by atoms with van der Waals surface area (Å²) in [6.07, 6.45) is 0. The van der Waals surface area contributed by atoms with Crippen LogP contribution in [0.25, 0.3) is 10.9 Å². The van der Waals surface area contributed by atoms with Crippen molar-refractivity contribution in [2.45, 2.75) is 6.54 Å². The van der Waals surface area contributed by atoms with E-state index < -0.39 is 0 Å². The second-order valence-corrected chi connectivity index (χ2v) is 6.42. The topological polar surface area (TPSA) is 50.1 Å². The molecule has 0 aliphatic heterocycles. The molecule has 4 nitrogen and oxygen atoms in total. The molecular formula is C16H12BrN3OW. The van der Waals surface area contributed by atoms with Crippen molar-refractivity contribution in [3.05, 3.63) is 74.5 Å². The summed E-state index contributed by atoms with van der Waals surface area (Å²) in [5.74, 6) is 0.